The fraction of sp³-hybridized carbons (Fsp3) is 0.579. The van der Waals surface area contributed by atoms with E-state index in [1.165, 1.54) is 5.56 Å². The van der Waals surface area contributed by atoms with Crippen LogP contribution >= 0.6 is 0 Å². The molecule has 0 bridgehead atoms. The van der Waals surface area contributed by atoms with Gasteiger partial charge in [-0.15, -0.1) is 0 Å². The number of benzene rings is 1. The first-order valence-corrected chi connectivity index (χ1v) is 9.12. The molecule has 0 aliphatic carbocycles. The van der Waals surface area contributed by atoms with E-state index in [9.17, 15) is 14.7 Å². The van der Waals surface area contributed by atoms with E-state index in [0.717, 1.165) is 19.3 Å². The fourth-order valence-corrected chi connectivity index (χ4v) is 3.74. The van der Waals surface area contributed by atoms with Crippen molar-refractivity contribution in [3.8, 4) is 0 Å². The lowest BCUT2D eigenvalue weighted by Crippen LogP contribution is -2.61. The summed E-state index contributed by atoms with van der Waals surface area (Å²) in [4.78, 5) is 28.0. The highest BCUT2D eigenvalue weighted by atomic mass is 16.3. The third-order valence-electron chi connectivity index (χ3n) is 5.04. The number of piperidine rings is 1. The Morgan fingerprint density at radius 3 is 2.72 bits per heavy atom. The van der Waals surface area contributed by atoms with E-state index in [1.807, 2.05) is 23.1 Å². The molecule has 1 aromatic rings. The highest BCUT2D eigenvalue weighted by molar-refractivity contribution is 5.86. The second-order valence-electron chi connectivity index (χ2n) is 7.08. The summed E-state index contributed by atoms with van der Waals surface area (Å²) in [6, 6.07) is 10.2. The van der Waals surface area contributed by atoms with Crippen molar-refractivity contribution in [2.24, 2.45) is 0 Å². The minimum atomic E-state index is -1.36. The zero-order valence-corrected chi connectivity index (χ0v) is 14.6. The maximum Gasteiger partial charge on any atom is 0.255 e. The Hall–Kier alpha value is -1.92. The normalized spacial score (nSPS) is 25.1. The van der Waals surface area contributed by atoms with Crippen LogP contribution in [-0.2, 0) is 16.0 Å². The summed E-state index contributed by atoms with van der Waals surface area (Å²) < 4.78 is 0. The van der Waals surface area contributed by atoms with Gasteiger partial charge in [0.05, 0.1) is 6.54 Å². The molecule has 6 heteroatoms. The molecule has 1 atom stereocenters. The van der Waals surface area contributed by atoms with Gasteiger partial charge in [-0.3, -0.25) is 14.5 Å². The topological polar surface area (TPSA) is 72.9 Å². The summed E-state index contributed by atoms with van der Waals surface area (Å²) in [6.45, 7) is 3.12. The van der Waals surface area contributed by atoms with E-state index in [1.54, 1.807) is 4.90 Å². The highest BCUT2D eigenvalue weighted by Gasteiger charge is 2.43. The van der Waals surface area contributed by atoms with Gasteiger partial charge in [-0.2, -0.15) is 0 Å². The molecule has 25 heavy (non-hydrogen) atoms. The zero-order valence-electron chi connectivity index (χ0n) is 14.6. The van der Waals surface area contributed by atoms with Crippen LogP contribution in [0.3, 0.4) is 0 Å². The summed E-state index contributed by atoms with van der Waals surface area (Å²) in [5.74, 6) is -0.226. The average molecular weight is 345 g/mol. The van der Waals surface area contributed by atoms with Gasteiger partial charge in [-0.05, 0) is 31.2 Å². The number of piperazine rings is 1. The molecule has 136 valence electrons. The van der Waals surface area contributed by atoms with Crippen LogP contribution in [0.2, 0.25) is 0 Å². The van der Waals surface area contributed by atoms with Crippen LogP contribution in [0, 0.1) is 0 Å². The third kappa shape index (κ3) is 4.58. The predicted molar refractivity (Wildman–Crippen MR) is 95.0 cm³/mol. The number of aliphatic hydroxyl groups is 1. The molecular weight excluding hydrogens is 318 g/mol. The van der Waals surface area contributed by atoms with Gasteiger partial charge in [-0.25, -0.2) is 0 Å². The lowest BCUT2D eigenvalue weighted by molar-refractivity contribution is -0.160. The van der Waals surface area contributed by atoms with Gasteiger partial charge >= 0.3 is 0 Å². The van der Waals surface area contributed by atoms with Gasteiger partial charge < -0.3 is 15.3 Å². The molecule has 1 aromatic carbocycles. The van der Waals surface area contributed by atoms with Gasteiger partial charge in [0, 0.05) is 32.7 Å². The van der Waals surface area contributed by atoms with Crippen LogP contribution < -0.4 is 5.32 Å². The molecule has 0 aromatic heterocycles. The molecule has 2 saturated heterocycles. The summed E-state index contributed by atoms with van der Waals surface area (Å²) in [5.41, 5.74) is -0.0932. The number of nitrogens with one attached hydrogen (secondary N) is 1. The second kappa shape index (κ2) is 7.97. The molecule has 3 rings (SSSR count). The molecule has 0 radical (unpaired) electrons. The van der Waals surface area contributed by atoms with Crippen LogP contribution in [0.5, 0.6) is 0 Å². The van der Waals surface area contributed by atoms with Gasteiger partial charge in [0.1, 0.15) is 0 Å². The van der Waals surface area contributed by atoms with Crippen LogP contribution in [0.25, 0.3) is 0 Å². The van der Waals surface area contributed by atoms with Crippen molar-refractivity contribution < 1.29 is 14.7 Å². The molecule has 0 unspecified atom stereocenters. The molecule has 2 N–H and O–H groups in total. The van der Waals surface area contributed by atoms with Crippen LogP contribution in [0.15, 0.2) is 30.3 Å². The molecule has 0 spiro atoms. The van der Waals surface area contributed by atoms with Gasteiger partial charge in [0.2, 0.25) is 5.91 Å². The lowest BCUT2D eigenvalue weighted by atomic mass is 9.90. The van der Waals surface area contributed by atoms with Gasteiger partial charge in [0.15, 0.2) is 5.60 Å². The van der Waals surface area contributed by atoms with E-state index >= 15 is 0 Å². The van der Waals surface area contributed by atoms with Crippen LogP contribution in [-0.4, -0.2) is 71.6 Å². The monoisotopic (exact) mass is 345 g/mol. The number of hydrogen-bond donors (Lipinski definition) is 2. The zero-order chi connectivity index (χ0) is 17.7. The summed E-state index contributed by atoms with van der Waals surface area (Å²) >= 11 is 0. The lowest BCUT2D eigenvalue weighted by Gasteiger charge is -2.41. The third-order valence-corrected chi connectivity index (χ3v) is 5.04. The minimum absolute atomic E-state index is 0.0437. The Balaban J connectivity index is 1.53. The number of aryl methyl sites for hydroxylation is 1. The number of carbonyl (C=O) groups is 2. The predicted octanol–water partition coefficient (Wildman–Crippen LogP) is 0.405. The fourth-order valence-electron chi connectivity index (χ4n) is 3.74. The summed E-state index contributed by atoms with van der Waals surface area (Å²) in [5, 5.41) is 13.7. The smallest absolute Gasteiger partial charge is 0.255 e. The number of amides is 2. The summed E-state index contributed by atoms with van der Waals surface area (Å²) in [6.07, 6.45) is 3.08. The average Bonchev–Trinajstić information content (AvgIpc) is 2.60. The van der Waals surface area contributed by atoms with E-state index in [4.69, 9.17) is 0 Å². The molecule has 2 aliphatic rings. The quantitative estimate of drug-likeness (QED) is 0.783. The Morgan fingerprint density at radius 2 is 1.96 bits per heavy atom. The maximum atomic E-state index is 12.8. The molecule has 0 saturated carbocycles. The van der Waals surface area contributed by atoms with E-state index in [0.29, 0.717) is 32.6 Å². The number of nitrogens with zero attached hydrogens (tertiary/aromatic N) is 2. The largest absolute Gasteiger partial charge is 0.379 e. The summed E-state index contributed by atoms with van der Waals surface area (Å²) in [7, 11) is 0. The van der Waals surface area contributed by atoms with Crippen molar-refractivity contribution in [3.05, 3.63) is 35.9 Å². The number of carbonyl (C=O) groups excluding carboxylic acids is 2. The Bertz CT molecular complexity index is 607. The van der Waals surface area contributed by atoms with Crippen LogP contribution in [0.1, 0.15) is 24.8 Å². The number of rotatable bonds is 6. The Morgan fingerprint density at radius 1 is 1.16 bits per heavy atom. The number of likely N-dealkylation sites (tertiary alicyclic amines) is 1. The SMILES string of the molecule is O=C1CN(C[C@]2(O)CCCN(CCCc3ccccc3)C2=O)CCN1. The standard InChI is InChI=1S/C19H27N3O3/c23-17-14-21(13-10-20-17)15-19(25)9-5-12-22(18(19)24)11-4-8-16-6-2-1-3-7-16/h1-3,6-7,25H,4-5,8-15H2,(H,20,23)/t19-/m1/s1. The van der Waals surface area contributed by atoms with Gasteiger partial charge in [-0.1, -0.05) is 30.3 Å². The Kier molecular flexibility index (Phi) is 5.71. The highest BCUT2D eigenvalue weighted by Crippen LogP contribution is 2.24. The molecular formula is C19H27N3O3. The minimum Gasteiger partial charge on any atom is -0.379 e. The second-order valence-corrected chi connectivity index (χ2v) is 7.08. The first kappa shape index (κ1) is 17.9. The van der Waals surface area contributed by atoms with Gasteiger partial charge in [0.25, 0.3) is 5.91 Å². The molecule has 2 heterocycles. The van der Waals surface area contributed by atoms with Crippen molar-refractivity contribution in [2.75, 3.05) is 39.3 Å². The van der Waals surface area contributed by atoms with Crippen molar-refractivity contribution in [1.82, 2.24) is 15.1 Å². The van der Waals surface area contributed by atoms with Crippen LogP contribution in [0.4, 0.5) is 0 Å². The first-order valence-electron chi connectivity index (χ1n) is 9.12. The van der Waals surface area contributed by atoms with E-state index in [-0.39, 0.29) is 24.9 Å². The molecule has 2 aliphatic heterocycles. The number of hydrogen-bond acceptors (Lipinski definition) is 4. The van der Waals surface area contributed by atoms with E-state index < -0.39 is 5.60 Å². The molecule has 6 nitrogen and oxygen atoms in total. The maximum absolute atomic E-state index is 12.8. The first-order chi connectivity index (χ1) is 12.1. The van der Waals surface area contributed by atoms with Crippen molar-refractivity contribution >= 4 is 11.8 Å². The van der Waals surface area contributed by atoms with Crippen molar-refractivity contribution in [2.45, 2.75) is 31.3 Å². The Labute approximate surface area is 148 Å². The molecule has 2 amide bonds. The van der Waals surface area contributed by atoms with Crippen molar-refractivity contribution in [1.29, 1.82) is 0 Å². The number of β-amino-alcohol motifs (C(OH)–C–C–N with tert-alkyl or cyclic N) is 1. The molecule has 2 fully saturated rings. The van der Waals surface area contributed by atoms with Crippen molar-refractivity contribution in [3.63, 3.8) is 0 Å². The van der Waals surface area contributed by atoms with E-state index in [2.05, 4.69) is 17.4 Å².